The average Bonchev–Trinajstić information content (AvgIpc) is 2.48. The van der Waals surface area contributed by atoms with Gasteiger partial charge >= 0.3 is 0 Å². The van der Waals surface area contributed by atoms with Crippen molar-refractivity contribution in [2.45, 2.75) is 0 Å². The number of piperazine rings is 1. The SMILES string of the molecule is CN(CCOc1ccc(Cl)cc1)CCN1CCNCC1.Cl.Cl. The average molecular weight is 371 g/mol. The largest absolute Gasteiger partial charge is 0.492 e. The van der Waals surface area contributed by atoms with Crippen LogP contribution in [0, 0.1) is 0 Å². The molecule has 0 spiro atoms. The maximum Gasteiger partial charge on any atom is 0.119 e. The summed E-state index contributed by atoms with van der Waals surface area (Å²) in [6.07, 6.45) is 0. The standard InChI is InChI=1S/C15H24ClN3O.2ClH/c1-18(10-11-19-8-6-17-7-9-19)12-13-20-15-4-2-14(16)3-5-15;;/h2-5,17H,6-13H2,1H3;2*1H. The number of likely N-dealkylation sites (N-methyl/N-ethyl adjacent to an activating group) is 1. The topological polar surface area (TPSA) is 27.7 Å². The molecule has 22 heavy (non-hydrogen) atoms. The van der Waals surface area contributed by atoms with E-state index in [1.54, 1.807) is 0 Å². The molecular formula is C15H26Cl3N3O. The van der Waals surface area contributed by atoms with Crippen LogP contribution in [-0.2, 0) is 0 Å². The Kier molecular flexibility index (Phi) is 12.1. The highest BCUT2D eigenvalue weighted by molar-refractivity contribution is 6.30. The van der Waals surface area contributed by atoms with E-state index in [0.717, 1.165) is 56.6 Å². The molecule has 1 aliphatic rings. The predicted molar refractivity (Wildman–Crippen MR) is 98.2 cm³/mol. The summed E-state index contributed by atoms with van der Waals surface area (Å²) in [5.41, 5.74) is 0. The maximum atomic E-state index is 5.84. The number of hydrogen-bond donors (Lipinski definition) is 1. The molecule has 0 bridgehead atoms. The van der Waals surface area contributed by atoms with Crippen LogP contribution in [0.4, 0.5) is 0 Å². The van der Waals surface area contributed by atoms with E-state index in [1.807, 2.05) is 24.3 Å². The summed E-state index contributed by atoms with van der Waals surface area (Å²) >= 11 is 5.84. The van der Waals surface area contributed by atoms with E-state index in [9.17, 15) is 0 Å². The van der Waals surface area contributed by atoms with E-state index in [-0.39, 0.29) is 24.8 Å². The minimum absolute atomic E-state index is 0. The van der Waals surface area contributed by atoms with Crippen LogP contribution in [0.1, 0.15) is 0 Å². The first-order chi connectivity index (χ1) is 9.74. The second-order valence-corrected chi connectivity index (χ2v) is 5.63. The van der Waals surface area contributed by atoms with Gasteiger partial charge in [0.25, 0.3) is 0 Å². The monoisotopic (exact) mass is 369 g/mol. The molecule has 2 rings (SSSR count). The first kappa shape index (κ1) is 21.8. The summed E-state index contributed by atoms with van der Waals surface area (Å²) in [5.74, 6) is 0.880. The van der Waals surface area contributed by atoms with Gasteiger partial charge < -0.3 is 15.0 Å². The summed E-state index contributed by atoms with van der Waals surface area (Å²) in [6.45, 7) is 8.43. The highest BCUT2D eigenvalue weighted by Gasteiger charge is 2.09. The summed E-state index contributed by atoms with van der Waals surface area (Å²) in [5, 5.41) is 4.12. The van der Waals surface area contributed by atoms with Crippen molar-refractivity contribution in [1.82, 2.24) is 15.1 Å². The van der Waals surface area contributed by atoms with Crippen LogP contribution in [0.2, 0.25) is 5.02 Å². The lowest BCUT2D eigenvalue weighted by Gasteiger charge is -2.29. The number of hydrogen-bond acceptors (Lipinski definition) is 4. The highest BCUT2D eigenvalue weighted by atomic mass is 35.5. The van der Waals surface area contributed by atoms with Gasteiger partial charge in [0.1, 0.15) is 12.4 Å². The van der Waals surface area contributed by atoms with Crippen LogP contribution >= 0.6 is 36.4 Å². The van der Waals surface area contributed by atoms with Crippen LogP contribution in [-0.4, -0.2) is 69.3 Å². The zero-order chi connectivity index (χ0) is 14.2. The molecule has 1 N–H and O–H groups in total. The molecule has 1 fully saturated rings. The van der Waals surface area contributed by atoms with E-state index in [1.165, 1.54) is 0 Å². The molecule has 0 radical (unpaired) electrons. The minimum atomic E-state index is 0. The van der Waals surface area contributed by atoms with Crippen LogP contribution in [0.15, 0.2) is 24.3 Å². The second kappa shape index (κ2) is 12.2. The lowest BCUT2D eigenvalue weighted by atomic mass is 10.3. The molecule has 0 amide bonds. The molecule has 0 unspecified atom stereocenters. The molecule has 0 atom stereocenters. The van der Waals surface area contributed by atoms with E-state index < -0.39 is 0 Å². The molecule has 1 heterocycles. The molecule has 128 valence electrons. The Morgan fingerprint density at radius 1 is 1.14 bits per heavy atom. The molecule has 0 aromatic heterocycles. The molecule has 1 aliphatic heterocycles. The third-order valence-electron chi connectivity index (χ3n) is 3.56. The quantitative estimate of drug-likeness (QED) is 0.797. The van der Waals surface area contributed by atoms with Crippen molar-refractivity contribution in [2.24, 2.45) is 0 Å². The minimum Gasteiger partial charge on any atom is -0.492 e. The Hall–Kier alpha value is -0.230. The first-order valence-corrected chi connectivity index (χ1v) is 7.62. The fourth-order valence-electron chi connectivity index (χ4n) is 2.21. The number of rotatable bonds is 7. The summed E-state index contributed by atoms with van der Waals surface area (Å²) in [6, 6.07) is 7.52. The second-order valence-electron chi connectivity index (χ2n) is 5.20. The van der Waals surface area contributed by atoms with Crippen LogP contribution < -0.4 is 10.1 Å². The van der Waals surface area contributed by atoms with Crippen molar-refractivity contribution in [3.63, 3.8) is 0 Å². The normalized spacial score (nSPS) is 15.0. The Balaban J connectivity index is 0.00000220. The van der Waals surface area contributed by atoms with Gasteiger partial charge in [-0.25, -0.2) is 0 Å². The fraction of sp³-hybridized carbons (Fsp3) is 0.600. The summed E-state index contributed by atoms with van der Waals surface area (Å²) in [4.78, 5) is 4.82. The Morgan fingerprint density at radius 3 is 2.41 bits per heavy atom. The van der Waals surface area contributed by atoms with Gasteiger partial charge in [-0.3, -0.25) is 4.90 Å². The van der Waals surface area contributed by atoms with Crippen molar-refractivity contribution >= 4 is 36.4 Å². The Bertz CT molecular complexity index is 386. The van der Waals surface area contributed by atoms with Crippen LogP contribution in [0.5, 0.6) is 5.75 Å². The third-order valence-corrected chi connectivity index (χ3v) is 3.81. The van der Waals surface area contributed by atoms with Crippen molar-refractivity contribution in [2.75, 3.05) is 59.5 Å². The third kappa shape index (κ3) is 8.42. The highest BCUT2D eigenvalue weighted by Crippen LogP contribution is 2.15. The molecule has 1 saturated heterocycles. The fourth-order valence-corrected chi connectivity index (χ4v) is 2.33. The predicted octanol–water partition coefficient (Wildman–Crippen LogP) is 2.40. The van der Waals surface area contributed by atoms with Crippen LogP contribution in [0.25, 0.3) is 0 Å². The van der Waals surface area contributed by atoms with Gasteiger partial charge in [0.2, 0.25) is 0 Å². The van der Waals surface area contributed by atoms with E-state index in [4.69, 9.17) is 16.3 Å². The smallest absolute Gasteiger partial charge is 0.119 e. The zero-order valence-corrected chi connectivity index (χ0v) is 15.4. The van der Waals surface area contributed by atoms with Gasteiger partial charge in [-0.1, -0.05) is 11.6 Å². The molecule has 4 nitrogen and oxygen atoms in total. The number of halogens is 3. The van der Waals surface area contributed by atoms with E-state index in [0.29, 0.717) is 6.61 Å². The Labute approximate surface area is 151 Å². The molecule has 0 aliphatic carbocycles. The van der Waals surface area contributed by atoms with E-state index >= 15 is 0 Å². The number of ether oxygens (including phenoxy) is 1. The van der Waals surface area contributed by atoms with Crippen LogP contribution in [0.3, 0.4) is 0 Å². The summed E-state index contributed by atoms with van der Waals surface area (Å²) < 4.78 is 5.70. The lowest BCUT2D eigenvalue weighted by molar-refractivity contribution is 0.187. The van der Waals surface area contributed by atoms with E-state index in [2.05, 4.69) is 22.2 Å². The van der Waals surface area contributed by atoms with Crippen molar-refractivity contribution in [3.05, 3.63) is 29.3 Å². The van der Waals surface area contributed by atoms with Crippen molar-refractivity contribution in [3.8, 4) is 5.75 Å². The number of nitrogens with one attached hydrogen (secondary N) is 1. The van der Waals surface area contributed by atoms with Gasteiger partial charge in [0.15, 0.2) is 0 Å². The first-order valence-electron chi connectivity index (χ1n) is 7.24. The van der Waals surface area contributed by atoms with Crippen molar-refractivity contribution in [1.29, 1.82) is 0 Å². The molecule has 1 aromatic rings. The van der Waals surface area contributed by atoms with Gasteiger partial charge in [-0.2, -0.15) is 0 Å². The number of nitrogens with zero attached hydrogens (tertiary/aromatic N) is 2. The molecule has 7 heteroatoms. The Morgan fingerprint density at radius 2 is 1.77 bits per heavy atom. The molecule has 0 saturated carbocycles. The zero-order valence-electron chi connectivity index (χ0n) is 13.0. The molecular weight excluding hydrogens is 345 g/mol. The number of benzene rings is 1. The van der Waals surface area contributed by atoms with Gasteiger partial charge in [0, 0.05) is 50.8 Å². The van der Waals surface area contributed by atoms with Crippen molar-refractivity contribution < 1.29 is 4.74 Å². The maximum absolute atomic E-state index is 5.84. The van der Waals surface area contributed by atoms with Gasteiger partial charge in [-0.15, -0.1) is 24.8 Å². The van der Waals surface area contributed by atoms with Gasteiger partial charge in [-0.05, 0) is 31.3 Å². The summed E-state index contributed by atoms with van der Waals surface area (Å²) in [7, 11) is 2.15. The van der Waals surface area contributed by atoms with Gasteiger partial charge in [0.05, 0.1) is 0 Å². The lowest BCUT2D eigenvalue weighted by Crippen LogP contribution is -2.46. The molecule has 1 aromatic carbocycles.